The highest BCUT2D eigenvalue weighted by Crippen LogP contribution is 2.49. The van der Waals surface area contributed by atoms with Crippen LogP contribution in [0.25, 0.3) is 89.0 Å². The summed E-state index contributed by atoms with van der Waals surface area (Å²) in [5, 5.41) is 5.95. The van der Waals surface area contributed by atoms with Crippen LogP contribution in [0, 0.1) is 0 Å². The van der Waals surface area contributed by atoms with Gasteiger partial charge >= 0.3 is 0 Å². The summed E-state index contributed by atoms with van der Waals surface area (Å²) in [5.74, 6) is 0. The quantitative estimate of drug-likeness (QED) is 0.107. The van der Waals surface area contributed by atoms with Gasteiger partial charge in [0, 0.05) is 0 Å². The minimum absolute atomic E-state index is 0.257. The average Bonchev–Trinajstić information content (AvgIpc) is 3.36. The van der Waals surface area contributed by atoms with E-state index < -0.39 is 0 Å². The van der Waals surface area contributed by atoms with E-state index in [-0.39, 0.29) is 38.1 Å². The molecule has 9 aromatic carbocycles. The third-order valence-corrected chi connectivity index (χ3v) is 17.9. The lowest BCUT2D eigenvalue weighted by molar-refractivity contribution is 1.52. The Kier molecular flexibility index (Phi) is 12.5. The molecule has 0 spiro atoms. The lowest BCUT2D eigenvalue weighted by Crippen LogP contribution is -2.09. The van der Waals surface area contributed by atoms with Crippen molar-refractivity contribution in [1.82, 2.24) is 0 Å². The first-order chi connectivity index (χ1) is 30.6. The molecule has 0 unspecified atom stereocenters. The van der Waals surface area contributed by atoms with Gasteiger partial charge in [0.1, 0.15) is 0 Å². The normalized spacial score (nSPS) is 11.9. The molecule has 0 fully saturated rings. The smallest absolute Gasteiger partial charge is 0.0517 e. The first-order valence-electron chi connectivity index (χ1n) is 22.5. The van der Waals surface area contributed by atoms with Crippen LogP contribution in [0.15, 0.2) is 206 Å². The Hall–Kier alpha value is -6.15. The van der Waals surface area contributed by atoms with Crippen molar-refractivity contribution in [1.29, 1.82) is 0 Å². The third-order valence-electron chi connectivity index (χ3n) is 12.7. The molecular formula is C58H54Si4. The zero-order chi connectivity index (χ0) is 42.4. The van der Waals surface area contributed by atoms with E-state index in [2.05, 4.69) is 232 Å². The number of rotatable bonds is 12. The second kappa shape index (κ2) is 18.9. The van der Waals surface area contributed by atoms with Crippen LogP contribution in [-0.4, -0.2) is 38.1 Å². The highest BCUT2D eigenvalue weighted by Gasteiger charge is 2.23. The summed E-state index contributed by atoms with van der Waals surface area (Å²) in [6.45, 7) is 9.46. The van der Waals surface area contributed by atoms with E-state index in [1.54, 1.807) is 0 Å². The van der Waals surface area contributed by atoms with Crippen molar-refractivity contribution in [2.24, 2.45) is 0 Å². The molecule has 0 radical (unpaired) electrons. The van der Waals surface area contributed by atoms with Gasteiger partial charge in [0.2, 0.25) is 0 Å². The standard InChI is InChI=1S/C58H54Si4/c1-59-43-29-21-39(22-30-43)47-13-5-9-17-51(47)55-37-57(53-19-11-7-15-49(53)41-25-33-45(61-3)34-26-41)58(54-20-12-8-16-50(54)42-27-35-46(62-4)36-28-42)38-56(55)52-18-10-6-14-48(52)40-23-31-44(60-2)32-24-40/h5-38H,59-62H2,1-4H3. The van der Waals surface area contributed by atoms with Crippen molar-refractivity contribution in [3.8, 4) is 89.0 Å². The first-order valence-corrected chi connectivity index (χ1v) is 31.0. The van der Waals surface area contributed by atoms with Crippen LogP contribution in [0.2, 0.25) is 26.2 Å². The predicted molar refractivity (Wildman–Crippen MR) is 286 cm³/mol. The number of hydrogen-bond donors (Lipinski definition) is 0. The Morgan fingerprint density at radius 3 is 0.548 bits per heavy atom. The molecule has 0 bridgehead atoms. The van der Waals surface area contributed by atoms with Crippen molar-refractivity contribution in [2.45, 2.75) is 26.2 Å². The van der Waals surface area contributed by atoms with Gasteiger partial charge in [0.25, 0.3) is 0 Å². The van der Waals surface area contributed by atoms with E-state index in [4.69, 9.17) is 0 Å². The van der Waals surface area contributed by atoms with Crippen LogP contribution in [0.4, 0.5) is 0 Å². The molecule has 0 aliphatic heterocycles. The molecule has 0 aromatic heterocycles. The topological polar surface area (TPSA) is 0 Å². The molecule has 0 amide bonds. The molecule has 0 aliphatic carbocycles. The summed E-state index contributed by atoms with van der Waals surface area (Å²) < 4.78 is 0. The Labute approximate surface area is 378 Å². The second-order valence-corrected chi connectivity index (χ2v) is 22.4. The van der Waals surface area contributed by atoms with Crippen LogP contribution in [0.3, 0.4) is 0 Å². The van der Waals surface area contributed by atoms with Crippen molar-refractivity contribution < 1.29 is 0 Å². The molecule has 4 heteroatoms. The summed E-state index contributed by atoms with van der Waals surface area (Å²) in [6, 6.07) is 78.9. The van der Waals surface area contributed by atoms with Gasteiger partial charge in [-0.05, 0) is 101 Å². The van der Waals surface area contributed by atoms with E-state index in [1.807, 2.05) is 0 Å². The molecule has 0 atom stereocenters. The summed E-state index contributed by atoms with van der Waals surface area (Å²) >= 11 is 0. The van der Waals surface area contributed by atoms with Crippen LogP contribution < -0.4 is 20.7 Å². The second-order valence-electron chi connectivity index (χ2n) is 16.3. The fourth-order valence-electron chi connectivity index (χ4n) is 9.05. The van der Waals surface area contributed by atoms with Gasteiger partial charge in [-0.2, -0.15) is 0 Å². The van der Waals surface area contributed by atoms with Gasteiger partial charge in [-0.15, -0.1) is 0 Å². The number of hydrogen-bond acceptors (Lipinski definition) is 0. The highest BCUT2D eigenvalue weighted by molar-refractivity contribution is 6.53. The third kappa shape index (κ3) is 8.39. The van der Waals surface area contributed by atoms with Gasteiger partial charge in [0.05, 0.1) is 38.1 Å². The molecule has 9 rings (SSSR count). The van der Waals surface area contributed by atoms with E-state index in [0.29, 0.717) is 0 Å². The van der Waals surface area contributed by atoms with E-state index in [0.717, 1.165) is 0 Å². The van der Waals surface area contributed by atoms with E-state index in [9.17, 15) is 0 Å². The summed E-state index contributed by atoms with van der Waals surface area (Å²) in [5.41, 5.74) is 19.9. The minimum Gasteiger partial charge on any atom is -0.0708 e. The maximum absolute atomic E-state index is 2.54. The predicted octanol–water partition coefficient (Wildman–Crippen LogP) is 10.4. The Bertz CT molecular complexity index is 2560. The van der Waals surface area contributed by atoms with E-state index >= 15 is 0 Å². The fraction of sp³-hybridized carbons (Fsp3) is 0.0690. The Balaban J connectivity index is 1.40. The minimum atomic E-state index is -0.257. The Morgan fingerprint density at radius 2 is 0.371 bits per heavy atom. The zero-order valence-electron chi connectivity index (χ0n) is 36.5. The zero-order valence-corrected chi connectivity index (χ0v) is 42.1. The fourth-order valence-corrected chi connectivity index (χ4v) is 11.9. The molecule has 302 valence electrons. The van der Waals surface area contributed by atoms with Crippen molar-refractivity contribution in [3.05, 3.63) is 206 Å². The van der Waals surface area contributed by atoms with Crippen LogP contribution in [-0.2, 0) is 0 Å². The SMILES string of the molecule is C[SiH2]c1ccc(-c2ccccc2-c2cc(-c3ccccc3-c3ccc([SiH2]C)cc3)c(-c3ccccc3-c3ccc([SiH2]C)cc3)cc2-c2ccccc2-c2ccc([SiH2]C)cc2)cc1. The van der Waals surface area contributed by atoms with Gasteiger partial charge in [-0.1, -0.05) is 241 Å². The van der Waals surface area contributed by atoms with Crippen molar-refractivity contribution >= 4 is 58.8 Å². The molecule has 0 aliphatic rings. The van der Waals surface area contributed by atoms with Crippen LogP contribution in [0.5, 0.6) is 0 Å². The van der Waals surface area contributed by atoms with Gasteiger partial charge in [0.15, 0.2) is 0 Å². The molecule has 0 saturated heterocycles. The van der Waals surface area contributed by atoms with Crippen LogP contribution in [0.1, 0.15) is 0 Å². The van der Waals surface area contributed by atoms with Gasteiger partial charge in [-0.3, -0.25) is 0 Å². The van der Waals surface area contributed by atoms with Gasteiger partial charge < -0.3 is 0 Å². The summed E-state index contributed by atoms with van der Waals surface area (Å²) in [4.78, 5) is 0. The van der Waals surface area contributed by atoms with Crippen molar-refractivity contribution in [3.63, 3.8) is 0 Å². The summed E-state index contributed by atoms with van der Waals surface area (Å²) in [7, 11) is -1.03. The Morgan fingerprint density at radius 1 is 0.194 bits per heavy atom. The molecule has 0 N–H and O–H groups in total. The molecule has 9 aromatic rings. The lowest BCUT2D eigenvalue weighted by atomic mass is 9.80. The van der Waals surface area contributed by atoms with E-state index in [1.165, 1.54) is 110 Å². The summed E-state index contributed by atoms with van der Waals surface area (Å²) in [6.07, 6.45) is 0. The average molecular weight is 863 g/mol. The van der Waals surface area contributed by atoms with Crippen LogP contribution >= 0.6 is 0 Å². The molecule has 0 saturated carbocycles. The maximum atomic E-state index is 2.54. The number of benzene rings is 9. The van der Waals surface area contributed by atoms with Gasteiger partial charge in [-0.25, -0.2) is 0 Å². The molecule has 62 heavy (non-hydrogen) atoms. The lowest BCUT2D eigenvalue weighted by Gasteiger charge is -2.24. The monoisotopic (exact) mass is 862 g/mol. The molecule has 0 nitrogen and oxygen atoms in total. The van der Waals surface area contributed by atoms with Crippen molar-refractivity contribution in [2.75, 3.05) is 0 Å². The first kappa shape index (κ1) is 41.2. The maximum Gasteiger partial charge on any atom is 0.0517 e. The largest absolute Gasteiger partial charge is 0.0708 e. The highest BCUT2D eigenvalue weighted by atomic mass is 28.2. The molecular weight excluding hydrogens is 809 g/mol. The molecule has 0 heterocycles.